The summed E-state index contributed by atoms with van der Waals surface area (Å²) in [5.74, 6) is 0.147. The van der Waals surface area contributed by atoms with E-state index in [4.69, 9.17) is 0 Å². The van der Waals surface area contributed by atoms with E-state index in [-0.39, 0.29) is 11.0 Å². The lowest BCUT2D eigenvalue weighted by Crippen LogP contribution is -2.22. The molecule has 2 N–H and O–H groups in total. The molecule has 5 rings (SSSR count). The topological polar surface area (TPSA) is 32.3 Å². The Labute approximate surface area is 251 Å². The van der Waals surface area contributed by atoms with Gasteiger partial charge in [-0.25, -0.2) is 4.39 Å². The molecule has 0 fully saturated rings. The van der Waals surface area contributed by atoms with Crippen LogP contribution in [0.15, 0.2) is 121 Å². The molecule has 0 spiro atoms. The van der Waals surface area contributed by atoms with Gasteiger partial charge in [0.1, 0.15) is 11.6 Å². The molecule has 42 heavy (non-hydrogen) atoms. The van der Waals surface area contributed by atoms with E-state index in [1.54, 1.807) is 12.1 Å². The standard InChI is InChI=1S/C38H39FNOP/c1-3-21-38(2,42-36-20-19-33(39)26-32(36)27-40-34-17-11-6-12-18-34)35-25-30(22-28-13-7-4-8-14-28)24-31(37(35)41)23-29-15-9-5-10-16-29/h4-20,24-26,40-42H,3,21-23,27H2,1-2H3. The van der Waals surface area contributed by atoms with Crippen LogP contribution >= 0.6 is 8.58 Å². The van der Waals surface area contributed by atoms with Gasteiger partial charge in [0, 0.05) is 29.4 Å². The van der Waals surface area contributed by atoms with Gasteiger partial charge in [0.25, 0.3) is 0 Å². The maximum absolute atomic E-state index is 14.5. The van der Waals surface area contributed by atoms with Gasteiger partial charge < -0.3 is 10.4 Å². The van der Waals surface area contributed by atoms with Crippen molar-refractivity contribution < 1.29 is 9.50 Å². The first kappa shape index (κ1) is 29.5. The van der Waals surface area contributed by atoms with E-state index >= 15 is 0 Å². The third-order valence-electron chi connectivity index (χ3n) is 7.82. The van der Waals surface area contributed by atoms with Gasteiger partial charge in [-0.3, -0.25) is 0 Å². The Balaban J connectivity index is 1.54. The number of hydrogen-bond acceptors (Lipinski definition) is 2. The van der Waals surface area contributed by atoms with Gasteiger partial charge >= 0.3 is 0 Å². The zero-order chi connectivity index (χ0) is 29.4. The van der Waals surface area contributed by atoms with Crippen LogP contribution in [-0.4, -0.2) is 5.11 Å². The molecule has 2 nitrogen and oxygen atoms in total. The molecule has 0 aliphatic rings. The van der Waals surface area contributed by atoms with E-state index in [1.807, 2.05) is 60.7 Å². The number of nitrogens with one attached hydrogen (secondary N) is 1. The van der Waals surface area contributed by atoms with Crippen LogP contribution < -0.4 is 10.6 Å². The van der Waals surface area contributed by atoms with E-state index in [0.29, 0.717) is 27.3 Å². The molecule has 0 bridgehead atoms. The van der Waals surface area contributed by atoms with Crippen LogP contribution in [0.25, 0.3) is 0 Å². The summed E-state index contributed by atoms with van der Waals surface area (Å²) in [6.07, 6.45) is 3.33. The van der Waals surface area contributed by atoms with Crippen molar-refractivity contribution in [1.29, 1.82) is 0 Å². The molecule has 2 unspecified atom stereocenters. The lowest BCUT2D eigenvalue weighted by Gasteiger charge is -2.33. The Kier molecular flexibility index (Phi) is 9.72. The number of benzene rings is 5. The molecule has 0 aromatic heterocycles. The highest BCUT2D eigenvalue weighted by Crippen LogP contribution is 2.49. The molecular formula is C38H39FNOP. The van der Waals surface area contributed by atoms with Crippen molar-refractivity contribution in [1.82, 2.24) is 0 Å². The van der Waals surface area contributed by atoms with Crippen LogP contribution in [-0.2, 0) is 24.5 Å². The zero-order valence-electron chi connectivity index (χ0n) is 24.4. The summed E-state index contributed by atoms with van der Waals surface area (Å²) in [4.78, 5) is 0. The molecule has 2 atom stereocenters. The number of rotatable bonds is 12. The van der Waals surface area contributed by atoms with Crippen molar-refractivity contribution in [3.63, 3.8) is 0 Å². The third-order valence-corrected chi connectivity index (χ3v) is 9.64. The van der Waals surface area contributed by atoms with Crippen LogP contribution in [0.2, 0.25) is 0 Å². The molecule has 0 amide bonds. The average Bonchev–Trinajstić information content (AvgIpc) is 3.00. The second-order valence-corrected chi connectivity index (χ2v) is 13.1. The summed E-state index contributed by atoms with van der Waals surface area (Å²) in [5.41, 5.74) is 7.48. The fourth-order valence-electron chi connectivity index (χ4n) is 5.71. The minimum absolute atomic E-state index is 0.233. The van der Waals surface area contributed by atoms with Gasteiger partial charge in [-0.1, -0.05) is 126 Å². The van der Waals surface area contributed by atoms with E-state index in [9.17, 15) is 9.50 Å². The maximum Gasteiger partial charge on any atom is 0.123 e. The second-order valence-electron chi connectivity index (χ2n) is 11.2. The zero-order valence-corrected chi connectivity index (χ0v) is 25.4. The summed E-state index contributed by atoms with van der Waals surface area (Å²) in [6, 6.07) is 40.4. The first-order valence-corrected chi connectivity index (χ1v) is 15.7. The van der Waals surface area contributed by atoms with Crippen LogP contribution in [0.3, 0.4) is 0 Å². The Morgan fingerprint density at radius 1 is 0.714 bits per heavy atom. The van der Waals surface area contributed by atoms with Crippen molar-refractivity contribution in [3.05, 3.63) is 161 Å². The Hall–Kier alpha value is -3.94. The molecule has 0 saturated heterocycles. The van der Waals surface area contributed by atoms with Crippen molar-refractivity contribution >= 4 is 19.6 Å². The van der Waals surface area contributed by atoms with Crippen molar-refractivity contribution in [2.75, 3.05) is 5.32 Å². The normalized spacial score (nSPS) is 12.8. The predicted octanol–water partition coefficient (Wildman–Crippen LogP) is 9.34. The number of hydrogen-bond donors (Lipinski definition) is 2. The molecule has 4 heteroatoms. The average molecular weight is 576 g/mol. The molecule has 0 saturated carbocycles. The van der Waals surface area contributed by atoms with Gasteiger partial charge in [0.05, 0.1) is 0 Å². The number of aromatic hydroxyl groups is 1. The third kappa shape index (κ3) is 7.46. The van der Waals surface area contributed by atoms with Crippen molar-refractivity contribution in [2.24, 2.45) is 0 Å². The first-order valence-electron chi connectivity index (χ1n) is 14.7. The number of anilines is 1. The van der Waals surface area contributed by atoms with Crippen LogP contribution in [0.5, 0.6) is 5.75 Å². The molecule has 5 aromatic rings. The smallest absolute Gasteiger partial charge is 0.123 e. The Bertz CT molecular complexity index is 1590. The van der Waals surface area contributed by atoms with E-state index < -0.39 is 0 Å². The van der Waals surface area contributed by atoms with Gasteiger partial charge in [0.2, 0.25) is 0 Å². The quantitative estimate of drug-likeness (QED) is 0.145. The summed E-state index contributed by atoms with van der Waals surface area (Å²) >= 11 is 0. The highest BCUT2D eigenvalue weighted by molar-refractivity contribution is 7.48. The second kappa shape index (κ2) is 13.8. The Morgan fingerprint density at radius 3 is 1.98 bits per heavy atom. The first-order chi connectivity index (χ1) is 20.4. The van der Waals surface area contributed by atoms with Crippen molar-refractivity contribution in [2.45, 2.75) is 51.2 Å². The molecule has 214 valence electrons. The summed E-state index contributed by atoms with van der Waals surface area (Å²) in [7, 11) is 0.354. The Morgan fingerprint density at radius 2 is 1.33 bits per heavy atom. The fourth-order valence-corrected chi connectivity index (χ4v) is 7.49. The predicted molar refractivity (Wildman–Crippen MR) is 177 cm³/mol. The number of phenols is 1. The van der Waals surface area contributed by atoms with Gasteiger partial charge in [-0.15, -0.1) is 0 Å². The summed E-state index contributed by atoms with van der Waals surface area (Å²) in [6.45, 7) is 4.99. The molecular weight excluding hydrogens is 536 g/mol. The van der Waals surface area contributed by atoms with Gasteiger partial charge in [-0.2, -0.15) is 0 Å². The lowest BCUT2D eigenvalue weighted by atomic mass is 9.88. The monoisotopic (exact) mass is 575 g/mol. The molecule has 0 aliphatic carbocycles. The molecule has 5 aromatic carbocycles. The maximum atomic E-state index is 14.5. The lowest BCUT2D eigenvalue weighted by molar-refractivity contribution is 0.447. The van der Waals surface area contributed by atoms with E-state index in [1.165, 1.54) is 16.7 Å². The summed E-state index contributed by atoms with van der Waals surface area (Å²) in [5, 5.41) is 16.1. The SMILES string of the molecule is CCCC(C)(Pc1ccc(F)cc1CNc1ccccc1)c1cc(Cc2ccccc2)cc(Cc2ccccc2)c1O. The molecule has 0 heterocycles. The van der Waals surface area contributed by atoms with E-state index in [0.717, 1.165) is 46.9 Å². The van der Waals surface area contributed by atoms with Gasteiger partial charge in [0.15, 0.2) is 0 Å². The van der Waals surface area contributed by atoms with Crippen LogP contribution in [0.1, 0.15) is 60.1 Å². The summed E-state index contributed by atoms with van der Waals surface area (Å²) < 4.78 is 14.5. The van der Waals surface area contributed by atoms with Gasteiger partial charge in [-0.05, 0) is 70.2 Å². The minimum Gasteiger partial charge on any atom is -0.507 e. The molecule has 0 aliphatic heterocycles. The molecule has 0 radical (unpaired) electrons. The van der Waals surface area contributed by atoms with Crippen molar-refractivity contribution in [3.8, 4) is 5.75 Å². The number of phenolic OH excluding ortho intramolecular Hbond substituents is 1. The number of para-hydroxylation sites is 1. The van der Waals surface area contributed by atoms with Crippen LogP contribution in [0.4, 0.5) is 10.1 Å². The fraction of sp³-hybridized carbons (Fsp3) is 0.211. The van der Waals surface area contributed by atoms with E-state index in [2.05, 4.69) is 67.7 Å². The highest BCUT2D eigenvalue weighted by atomic mass is 31.1. The minimum atomic E-state index is -0.323. The highest BCUT2D eigenvalue weighted by Gasteiger charge is 2.31. The van der Waals surface area contributed by atoms with Crippen LogP contribution in [0, 0.1) is 5.82 Å². The number of halogens is 1. The largest absolute Gasteiger partial charge is 0.507 e.